The van der Waals surface area contributed by atoms with E-state index >= 15 is 0 Å². The predicted octanol–water partition coefficient (Wildman–Crippen LogP) is 6.44. The number of aliphatic carboxylic acids is 2. The molecule has 4 saturated carbocycles. The molecule has 0 saturated heterocycles. The lowest BCUT2D eigenvalue weighted by Gasteiger charge is -2.67. The minimum Gasteiger partial charge on any atom is -0.481 e. The smallest absolute Gasteiger partial charge is 0.309 e. The van der Waals surface area contributed by atoms with Crippen molar-refractivity contribution in [1.82, 2.24) is 0 Å². The fourth-order valence-electron chi connectivity index (χ4n) is 10.7. The number of carbonyl (C=O) groups excluding carboxylic acids is 2. The summed E-state index contributed by atoms with van der Waals surface area (Å²) in [7, 11) is 0. The van der Waals surface area contributed by atoms with Gasteiger partial charge in [0.2, 0.25) is 0 Å². The molecular formula is C33H48O7. The molecule has 9 unspecified atom stereocenters. The van der Waals surface area contributed by atoms with Crippen molar-refractivity contribution < 1.29 is 34.1 Å². The van der Waals surface area contributed by atoms with E-state index in [1.54, 1.807) is 0 Å². The Kier molecular flexibility index (Phi) is 6.90. The Bertz CT molecular complexity index is 1150. The van der Waals surface area contributed by atoms with Crippen LogP contribution >= 0.6 is 0 Å². The molecule has 0 aromatic carbocycles. The predicted molar refractivity (Wildman–Crippen MR) is 149 cm³/mol. The molecule has 222 valence electrons. The molecule has 0 bridgehead atoms. The van der Waals surface area contributed by atoms with Gasteiger partial charge in [-0.2, -0.15) is 0 Å². The molecule has 7 heteroatoms. The Labute approximate surface area is 238 Å². The number of carbonyl (C=O) groups is 4. The number of allylic oxidation sites excluding steroid dienone is 2. The molecule has 0 radical (unpaired) electrons. The topological polar surface area (TPSA) is 118 Å². The van der Waals surface area contributed by atoms with Gasteiger partial charge in [0.15, 0.2) is 5.78 Å². The Morgan fingerprint density at radius 1 is 0.850 bits per heavy atom. The standard InChI is InChI=1S/C33H48O7/c1-29(2)23-10-13-32(5)20-9-12-30(3)15-16-31(4,28(38)39)18-21(30)19(20)17-22(34)27(32)33(23,6)14-11-24(29)40-26(37)8-7-25(35)36/h17,20-21,23-24,27H,7-16,18H2,1-6H3,(H,35,36)(H,38,39). The van der Waals surface area contributed by atoms with E-state index in [2.05, 4.69) is 34.6 Å². The molecule has 5 aliphatic carbocycles. The van der Waals surface area contributed by atoms with Crippen LogP contribution in [0.25, 0.3) is 0 Å². The number of hydrogen-bond donors (Lipinski definition) is 2. The second-order valence-corrected chi connectivity index (χ2v) is 15.7. The zero-order valence-corrected chi connectivity index (χ0v) is 25.2. The van der Waals surface area contributed by atoms with E-state index in [0.717, 1.165) is 38.5 Å². The molecule has 0 amide bonds. The minimum absolute atomic E-state index is 0.0481. The fraction of sp³-hybridized carbons (Fsp3) is 0.818. The summed E-state index contributed by atoms with van der Waals surface area (Å²) in [4.78, 5) is 50.0. The van der Waals surface area contributed by atoms with Crippen LogP contribution in [0.5, 0.6) is 0 Å². The molecule has 0 aromatic heterocycles. The highest BCUT2D eigenvalue weighted by atomic mass is 16.5. The Morgan fingerprint density at radius 2 is 1.52 bits per heavy atom. The fourth-order valence-corrected chi connectivity index (χ4v) is 10.7. The quantitative estimate of drug-likeness (QED) is 0.374. The number of esters is 1. The van der Waals surface area contributed by atoms with Crippen molar-refractivity contribution >= 4 is 23.7 Å². The van der Waals surface area contributed by atoms with Crippen molar-refractivity contribution in [3.63, 3.8) is 0 Å². The van der Waals surface area contributed by atoms with Crippen LogP contribution in [0.2, 0.25) is 0 Å². The van der Waals surface area contributed by atoms with Crippen LogP contribution in [0.3, 0.4) is 0 Å². The van der Waals surface area contributed by atoms with Crippen LogP contribution < -0.4 is 0 Å². The second-order valence-electron chi connectivity index (χ2n) is 15.7. The summed E-state index contributed by atoms with van der Waals surface area (Å²) >= 11 is 0. The molecule has 4 fully saturated rings. The number of ketones is 1. The van der Waals surface area contributed by atoms with Gasteiger partial charge in [0.1, 0.15) is 6.10 Å². The van der Waals surface area contributed by atoms with Crippen molar-refractivity contribution in [3.05, 3.63) is 11.6 Å². The molecule has 2 N–H and O–H groups in total. The maximum Gasteiger partial charge on any atom is 0.309 e. The molecule has 7 nitrogen and oxygen atoms in total. The Balaban J connectivity index is 1.45. The van der Waals surface area contributed by atoms with Crippen LogP contribution in [0, 0.1) is 50.7 Å². The van der Waals surface area contributed by atoms with Crippen molar-refractivity contribution in [2.45, 2.75) is 118 Å². The van der Waals surface area contributed by atoms with E-state index in [9.17, 15) is 24.3 Å². The maximum atomic E-state index is 14.3. The normalized spacial score (nSPS) is 45.6. The van der Waals surface area contributed by atoms with E-state index < -0.39 is 23.3 Å². The van der Waals surface area contributed by atoms with E-state index in [4.69, 9.17) is 9.84 Å². The SMILES string of the molecule is CC1(C(=O)O)CCC2(C)CCC3C(=CC(=O)C4C3(C)CCC3C(C)(C)C(OC(=O)CCC(=O)O)CCC34C)C2C1. The van der Waals surface area contributed by atoms with Gasteiger partial charge in [0.25, 0.3) is 0 Å². The summed E-state index contributed by atoms with van der Waals surface area (Å²) in [6.45, 7) is 13.1. The summed E-state index contributed by atoms with van der Waals surface area (Å²) in [5, 5.41) is 19.0. The number of fused-ring (bicyclic) bond motifs is 7. The first-order chi connectivity index (χ1) is 18.5. The Hall–Kier alpha value is -2.18. The van der Waals surface area contributed by atoms with Gasteiger partial charge < -0.3 is 14.9 Å². The third-order valence-corrected chi connectivity index (χ3v) is 13.0. The molecule has 0 aromatic rings. The highest BCUT2D eigenvalue weighted by molar-refractivity contribution is 5.95. The average molecular weight is 557 g/mol. The number of hydrogen-bond acceptors (Lipinski definition) is 5. The van der Waals surface area contributed by atoms with Gasteiger partial charge in [-0.15, -0.1) is 0 Å². The van der Waals surface area contributed by atoms with Crippen molar-refractivity contribution in [3.8, 4) is 0 Å². The first-order valence-electron chi connectivity index (χ1n) is 15.4. The first-order valence-corrected chi connectivity index (χ1v) is 15.4. The van der Waals surface area contributed by atoms with Crippen LogP contribution in [0.1, 0.15) is 112 Å². The number of rotatable bonds is 5. The molecule has 9 atom stereocenters. The van der Waals surface area contributed by atoms with Gasteiger partial charge in [0, 0.05) is 11.3 Å². The first kappa shape index (κ1) is 29.3. The largest absolute Gasteiger partial charge is 0.481 e. The molecule has 0 aliphatic heterocycles. The number of carboxylic acid groups (broad SMARTS) is 2. The van der Waals surface area contributed by atoms with Gasteiger partial charge in [0.05, 0.1) is 18.3 Å². The van der Waals surface area contributed by atoms with E-state index in [1.807, 2.05) is 13.0 Å². The van der Waals surface area contributed by atoms with Crippen LogP contribution in [-0.4, -0.2) is 40.0 Å². The summed E-state index contributed by atoms with van der Waals surface area (Å²) in [6, 6.07) is 0. The molecule has 5 aliphatic rings. The molecule has 5 rings (SSSR count). The molecule has 0 heterocycles. The van der Waals surface area contributed by atoms with Crippen molar-refractivity contribution in [2.24, 2.45) is 50.7 Å². The van der Waals surface area contributed by atoms with E-state index in [-0.39, 0.29) is 70.1 Å². The van der Waals surface area contributed by atoms with Gasteiger partial charge in [-0.25, -0.2) is 0 Å². The zero-order chi connectivity index (χ0) is 29.5. The van der Waals surface area contributed by atoms with Crippen molar-refractivity contribution in [2.75, 3.05) is 0 Å². The lowest BCUT2D eigenvalue weighted by atomic mass is 9.37. The number of ether oxygens (including phenoxy) is 1. The third-order valence-electron chi connectivity index (χ3n) is 13.0. The summed E-state index contributed by atoms with van der Waals surface area (Å²) < 4.78 is 5.89. The highest BCUT2D eigenvalue weighted by Gasteiger charge is 2.67. The molecule has 40 heavy (non-hydrogen) atoms. The lowest BCUT2D eigenvalue weighted by molar-refractivity contribution is -0.201. The second kappa shape index (κ2) is 9.42. The summed E-state index contributed by atoms with van der Waals surface area (Å²) in [5.74, 6) is -1.48. The molecular weight excluding hydrogens is 508 g/mol. The van der Waals surface area contributed by atoms with Crippen LogP contribution in [0.15, 0.2) is 11.6 Å². The van der Waals surface area contributed by atoms with Crippen LogP contribution in [0.4, 0.5) is 0 Å². The third kappa shape index (κ3) is 4.27. The molecule has 0 spiro atoms. The minimum atomic E-state index is -1.01. The van der Waals surface area contributed by atoms with Gasteiger partial charge in [-0.3, -0.25) is 19.2 Å². The maximum absolute atomic E-state index is 14.3. The lowest BCUT2D eigenvalue weighted by Crippen LogP contribution is -2.64. The average Bonchev–Trinajstić information content (AvgIpc) is 2.84. The van der Waals surface area contributed by atoms with E-state index in [0.29, 0.717) is 19.3 Å². The van der Waals surface area contributed by atoms with Gasteiger partial charge in [-0.1, -0.05) is 40.2 Å². The summed E-state index contributed by atoms with van der Waals surface area (Å²) in [6.07, 6.45) is 8.95. The van der Waals surface area contributed by atoms with E-state index in [1.165, 1.54) is 5.57 Å². The van der Waals surface area contributed by atoms with Gasteiger partial charge >= 0.3 is 17.9 Å². The number of carboxylic acids is 2. The van der Waals surface area contributed by atoms with Crippen molar-refractivity contribution in [1.29, 1.82) is 0 Å². The van der Waals surface area contributed by atoms with Gasteiger partial charge in [-0.05, 0) is 105 Å². The Morgan fingerprint density at radius 3 is 2.17 bits per heavy atom. The van der Waals surface area contributed by atoms with Crippen LogP contribution in [-0.2, 0) is 23.9 Å². The monoisotopic (exact) mass is 556 g/mol. The summed E-state index contributed by atoms with van der Waals surface area (Å²) in [5.41, 5.74) is -0.218. The zero-order valence-electron chi connectivity index (χ0n) is 25.2. The highest BCUT2D eigenvalue weighted by Crippen LogP contribution is 2.71.